The van der Waals surface area contributed by atoms with Crippen LogP contribution in [0.25, 0.3) is 0 Å². The molecule has 0 radical (unpaired) electrons. The van der Waals surface area contributed by atoms with Crippen LogP contribution < -0.4 is 14.2 Å². The maximum Gasteiger partial charge on any atom is 0.262 e. The smallest absolute Gasteiger partial charge is 0.262 e. The summed E-state index contributed by atoms with van der Waals surface area (Å²) in [5.74, 6) is 0.676. The molecule has 9 heteroatoms. The number of sulfonamides is 1. The number of nitrogens with one attached hydrogen (secondary N) is 1. The van der Waals surface area contributed by atoms with E-state index in [1.54, 1.807) is 6.07 Å². The van der Waals surface area contributed by atoms with E-state index in [1.165, 1.54) is 38.5 Å². The molecule has 0 saturated carbocycles. The van der Waals surface area contributed by atoms with Crippen LogP contribution in [-0.2, 0) is 10.0 Å². The van der Waals surface area contributed by atoms with Crippen LogP contribution in [0.1, 0.15) is 0 Å². The Balaban J connectivity index is 2.45. The van der Waals surface area contributed by atoms with E-state index in [0.29, 0.717) is 11.5 Å². The van der Waals surface area contributed by atoms with Gasteiger partial charge in [-0.25, -0.2) is 8.42 Å². The molecule has 1 N–H and O–H groups in total. The van der Waals surface area contributed by atoms with Crippen molar-refractivity contribution in [1.82, 2.24) is 0 Å². The number of anilines is 1. The molecule has 0 aliphatic rings. The lowest BCUT2D eigenvalue weighted by atomic mass is 10.3. The zero-order valence-electron chi connectivity index (χ0n) is 12.1. The zero-order chi connectivity index (χ0) is 17.2. The Morgan fingerprint density at radius 3 is 1.87 bits per heavy atom. The number of rotatable bonds is 5. The number of benzene rings is 2. The summed E-state index contributed by atoms with van der Waals surface area (Å²) in [6, 6.07) is 6.97. The molecule has 2 aromatic rings. The molecule has 0 saturated heterocycles. The van der Waals surface area contributed by atoms with Crippen LogP contribution in [0.15, 0.2) is 35.2 Å². The fourth-order valence-electron chi connectivity index (χ4n) is 1.74. The second-order valence-corrected chi connectivity index (χ2v) is 7.30. The Morgan fingerprint density at radius 1 is 0.826 bits per heavy atom. The molecule has 0 amide bonds. The molecule has 2 aromatic carbocycles. The maximum absolute atomic E-state index is 12.5. The summed E-state index contributed by atoms with van der Waals surface area (Å²) in [5.41, 5.74) is 0.114. The van der Waals surface area contributed by atoms with E-state index in [9.17, 15) is 8.42 Å². The molecule has 0 aliphatic heterocycles. The van der Waals surface area contributed by atoms with Crippen LogP contribution >= 0.6 is 34.8 Å². The van der Waals surface area contributed by atoms with Crippen molar-refractivity contribution in [2.45, 2.75) is 4.90 Å². The monoisotopic (exact) mass is 395 g/mol. The van der Waals surface area contributed by atoms with Crippen molar-refractivity contribution >= 4 is 50.5 Å². The summed E-state index contributed by atoms with van der Waals surface area (Å²) in [5, 5.41) is 0.525. The first-order valence-corrected chi connectivity index (χ1v) is 8.79. The van der Waals surface area contributed by atoms with Gasteiger partial charge in [-0.05, 0) is 12.1 Å². The van der Waals surface area contributed by atoms with Gasteiger partial charge < -0.3 is 9.47 Å². The quantitative estimate of drug-likeness (QED) is 0.758. The minimum Gasteiger partial charge on any atom is -0.497 e. The molecule has 5 nitrogen and oxygen atoms in total. The Kier molecular flexibility index (Phi) is 5.52. The van der Waals surface area contributed by atoms with Crippen molar-refractivity contribution in [3.63, 3.8) is 0 Å². The predicted octanol–water partition coefficient (Wildman–Crippen LogP) is 4.46. The van der Waals surface area contributed by atoms with Crippen LogP contribution in [0.2, 0.25) is 15.1 Å². The Bertz CT molecular complexity index is 818. The second-order valence-electron chi connectivity index (χ2n) is 4.40. The fraction of sp³-hybridized carbons (Fsp3) is 0.143. The van der Waals surface area contributed by atoms with Crippen molar-refractivity contribution in [2.75, 3.05) is 18.9 Å². The normalized spacial score (nSPS) is 11.2. The second kappa shape index (κ2) is 7.05. The molecule has 0 aliphatic carbocycles. The molecule has 0 heterocycles. The molecule has 0 atom stereocenters. The van der Waals surface area contributed by atoms with Gasteiger partial charge in [-0.15, -0.1) is 0 Å². The minimum atomic E-state index is -3.93. The van der Waals surface area contributed by atoms with Crippen molar-refractivity contribution in [3.8, 4) is 11.5 Å². The van der Waals surface area contributed by atoms with Crippen molar-refractivity contribution in [1.29, 1.82) is 0 Å². The van der Waals surface area contributed by atoms with Crippen molar-refractivity contribution in [2.24, 2.45) is 0 Å². The van der Waals surface area contributed by atoms with Gasteiger partial charge in [0.1, 0.15) is 11.5 Å². The van der Waals surface area contributed by atoms with Gasteiger partial charge in [-0.3, -0.25) is 4.72 Å². The van der Waals surface area contributed by atoms with Crippen LogP contribution in [0.3, 0.4) is 0 Å². The highest BCUT2D eigenvalue weighted by molar-refractivity contribution is 7.92. The third kappa shape index (κ3) is 4.14. The molecule has 124 valence electrons. The van der Waals surface area contributed by atoms with E-state index in [2.05, 4.69) is 4.72 Å². The molecule has 0 spiro atoms. The summed E-state index contributed by atoms with van der Waals surface area (Å²) >= 11 is 17.7. The van der Waals surface area contributed by atoms with Gasteiger partial charge >= 0.3 is 0 Å². The van der Waals surface area contributed by atoms with E-state index in [-0.39, 0.29) is 25.7 Å². The number of methoxy groups -OCH3 is 2. The van der Waals surface area contributed by atoms with Crippen LogP contribution in [0.4, 0.5) is 5.69 Å². The van der Waals surface area contributed by atoms with Crippen LogP contribution in [-0.4, -0.2) is 22.6 Å². The Morgan fingerprint density at radius 2 is 1.35 bits per heavy atom. The zero-order valence-corrected chi connectivity index (χ0v) is 15.1. The van der Waals surface area contributed by atoms with Gasteiger partial charge in [0.2, 0.25) is 0 Å². The van der Waals surface area contributed by atoms with E-state index in [1.807, 2.05) is 0 Å². The fourth-order valence-corrected chi connectivity index (χ4v) is 3.51. The lowest BCUT2D eigenvalue weighted by molar-refractivity contribution is 0.392. The van der Waals surface area contributed by atoms with Gasteiger partial charge in [0.15, 0.2) is 0 Å². The van der Waals surface area contributed by atoms with Crippen LogP contribution in [0, 0.1) is 0 Å². The third-order valence-electron chi connectivity index (χ3n) is 2.89. The average molecular weight is 397 g/mol. The number of hydrogen-bond acceptors (Lipinski definition) is 4. The summed E-state index contributed by atoms with van der Waals surface area (Å²) in [4.78, 5) is -0.0455. The molecule has 0 fully saturated rings. The van der Waals surface area contributed by atoms with Crippen LogP contribution in [0.5, 0.6) is 11.5 Å². The number of hydrogen-bond donors (Lipinski definition) is 1. The maximum atomic E-state index is 12.5. The highest BCUT2D eigenvalue weighted by atomic mass is 35.5. The third-order valence-corrected chi connectivity index (χ3v) is 5.27. The standard InChI is InChI=1S/C14H12Cl3NO4S/c1-21-8-3-9(22-2)5-10(4-8)23(19,20)18-14-7-12(16)11(15)6-13(14)17/h3-7,18H,1-2H3. The summed E-state index contributed by atoms with van der Waals surface area (Å²) < 4.78 is 37.5. The highest BCUT2D eigenvalue weighted by Gasteiger charge is 2.19. The van der Waals surface area contributed by atoms with Gasteiger partial charge in [-0.1, -0.05) is 34.8 Å². The molecular weight excluding hydrogens is 385 g/mol. The molecular formula is C14H12Cl3NO4S. The Labute approximate surface area is 149 Å². The molecule has 0 bridgehead atoms. The van der Waals surface area contributed by atoms with E-state index < -0.39 is 10.0 Å². The summed E-state index contributed by atoms with van der Waals surface area (Å²) in [7, 11) is -1.08. The SMILES string of the molecule is COc1cc(OC)cc(S(=O)(=O)Nc2cc(Cl)c(Cl)cc2Cl)c1. The van der Waals surface area contributed by atoms with Crippen molar-refractivity contribution in [3.05, 3.63) is 45.4 Å². The van der Waals surface area contributed by atoms with Gasteiger partial charge in [0.05, 0.1) is 39.9 Å². The lowest BCUT2D eigenvalue weighted by Crippen LogP contribution is -2.13. The van der Waals surface area contributed by atoms with E-state index in [4.69, 9.17) is 44.3 Å². The number of halogens is 3. The largest absolute Gasteiger partial charge is 0.497 e. The van der Waals surface area contributed by atoms with Gasteiger partial charge in [0, 0.05) is 18.2 Å². The van der Waals surface area contributed by atoms with Crippen molar-refractivity contribution < 1.29 is 17.9 Å². The first-order valence-electron chi connectivity index (χ1n) is 6.17. The molecule has 0 aromatic heterocycles. The first kappa shape index (κ1) is 18.0. The van der Waals surface area contributed by atoms with Gasteiger partial charge in [0.25, 0.3) is 10.0 Å². The number of ether oxygens (including phenoxy) is 2. The Hall–Kier alpha value is -1.34. The predicted molar refractivity (Wildman–Crippen MR) is 91.8 cm³/mol. The summed E-state index contributed by atoms with van der Waals surface area (Å²) in [6.07, 6.45) is 0. The average Bonchev–Trinajstić information content (AvgIpc) is 2.51. The first-order chi connectivity index (χ1) is 10.8. The lowest BCUT2D eigenvalue weighted by Gasteiger charge is -2.12. The topological polar surface area (TPSA) is 64.6 Å². The van der Waals surface area contributed by atoms with Gasteiger partial charge in [-0.2, -0.15) is 0 Å². The molecule has 23 heavy (non-hydrogen) atoms. The minimum absolute atomic E-state index is 0.0455. The summed E-state index contributed by atoms with van der Waals surface area (Å²) in [6.45, 7) is 0. The van der Waals surface area contributed by atoms with E-state index >= 15 is 0 Å². The van der Waals surface area contributed by atoms with E-state index in [0.717, 1.165) is 0 Å². The molecule has 0 unspecified atom stereocenters. The highest BCUT2D eigenvalue weighted by Crippen LogP contribution is 2.34. The molecule has 2 rings (SSSR count).